The number of nitrogens with one attached hydrogen (secondary N) is 2. The molecule has 7 heteroatoms. The van der Waals surface area contributed by atoms with Crippen molar-refractivity contribution in [2.24, 2.45) is 5.10 Å². The van der Waals surface area contributed by atoms with Gasteiger partial charge in [0.05, 0.1) is 10.6 Å². The Morgan fingerprint density at radius 3 is 2.59 bits per heavy atom. The monoisotopic (exact) mass is 383 g/mol. The number of fused-ring (bicyclic) bond motifs is 1. The standard InChI is InChI=1S/C20H21N3O3S/c1-13-4-2-3-5-19(13)27(25,26)23-17-11-14-6-7-15(10-16(14)12-17)18-8-9-20(24)22-21-18/h2-7,10,17,23H,8-9,11-12H2,1H3,(H,22,24). The second kappa shape index (κ2) is 6.90. The Hall–Kier alpha value is -2.51. The van der Waals surface area contributed by atoms with Crippen LogP contribution in [0.5, 0.6) is 0 Å². The zero-order chi connectivity index (χ0) is 19.0. The molecule has 2 aromatic carbocycles. The predicted molar refractivity (Wildman–Crippen MR) is 103 cm³/mol. The summed E-state index contributed by atoms with van der Waals surface area (Å²) in [6, 6.07) is 12.9. The van der Waals surface area contributed by atoms with E-state index in [2.05, 4.69) is 21.3 Å². The summed E-state index contributed by atoms with van der Waals surface area (Å²) in [7, 11) is -3.55. The minimum atomic E-state index is -3.55. The van der Waals surface area contributed by atoms with Gasteiger partial charge in [-0.25, -0.2) is 18.6 Å². The van der Waals surface area contributed by atoms with Crippen LogP contribution in [0, 0.1) is 6.92 Å². The van der Waals surface area contributed by atoms with E-state index in [1.54, 1.807) is 25.1 Å². The molecule has 2 aliphatic rings. The van der Waals surface area contributed by atoms with Gasteiger partial charge in [-0.2, -0.15) is 5.10 Å². The van der Waals surface area contributed by atoms with E-state index in [4.69, 9.17) is 0 Å². The predicted octanol–water partition coefficient (Wildman–Crippen LogP) is 2.05. The molecule has 0 fully saturated rings. The second-order valence-electron chi connectivity index (χ2n) is 7.07. The largest absolute Gasteiger partial charge is 0.273 e. The number of hydrogen-bond donors (Lipinski definition) is 2. The van der Waals surface area contributed by atoms with E-state index >= 15 is 0 Å². The highest BCUT2D eigenvalue weighted by atomic mass is 32.2. The zero-order valence-corrected chi connectivity index (χ0v) is 15.8. The highest BCUT2D eigenvalue weighted by Gasteiger charge is 2.28. The van der Waals surface area contributed by atoms with Crippen LogP contribution in [0.4, 0.5) is 0 Å². The molecule has 1 heterocycles. The summed E-state index contributed by atoms with van der Waals surface area (Å²) < 4.78 is 28.3. The Balaban J connectivity index is 1.51. The third-order valence-corrected chi connectivity index (χ3v) is 6.76. The van der Waals surface area contributed by atoms with E-state index in [1.165, 1.54) is 0 Å². The maximum atomic E-state index is 12.7. The summed E-state index contributed by atoms with van der Waals surface area (Å²) in [5.41, 5.74) is 7.38. The molecule has 0 aromatic heterocycles. The van der Waals surface area contributed by atoms with Crippen LogP contribution in [-0.2, 0) is 27.7 Å². The fourth-order valence-electron chi connectivity index (χ4n) is 3.70. The number of aryl methyl sites for hydroxylation is 1. The number of amides is 1. The van der Waals surface area contributed by atoms with Crippen molar-refractivity contribution in [3.8, 4) is 0 Å². The summed E-state index contributed by atoms with van der Waals surface area (Å²) in [4.78, 5) is 11.6. The van der Waals surface area contributed by atoms with Crippen molar-refractivity contribution < 1.29 is 13.2 Å². The number of hydrogen-bond acceptors (Lipinski definition) is 4. The first-order valence-corrected chi connectivity index (χ1v) is 10.5. The summed E-state index contributed by atoms with van der Waals surface area (Å²) in [5.74, 6) is -0.0643. The van der Waals surface area contributed by atoms with Gasteiger partial charge in [-0.3, -0.25) is 4.79 Å². The number of benzene rings is 2. The van der Waals surface area contributed by atoms with Crippen LogP contribution in [-0.4, -0.2) is 26.1 Å². The lowest BCUT2D eigenvalue weighted by Gasteiger charge is -2.14. The minimum absolute atomic E-state index is 0.0643. The van der Waals surface area contributed by atoms with Gasteiger partial charge >= 0.3 is 0 Å². The third-order valence-electron chi connectivity index (χ3n) is 5.08. The van der Waals surface area contributed by atoms with Crippen LogP contribution < -0.4 is 10.1 Å². The summed E-state index contributed by atoms with van der Waals surface area (Å²) in [6.07, 6.45) is 2.38. The molecule has 0 saturated heterocycles. The normalized spacial score (nSPS) is 19.4. The molecule has 1 aliphatic heterocycles. The van der Waals surface area contributed by atoms with Crippen molar-refractivity contribution in [3.05, 3.63) is 64.7 Å². The molecule has 0 bridgehead atoms. The molecule has 0 radical (unpaired) electrons. The van der Waals surface area contributed by atoms with Gasteiger partial charge in [0.15, 0.2) is 0 Å². The number of carbonyl (C=O) groups is 1. The number of rotatable bonds is 4. The molecule has 2 aromatic rings. The quantitative estimate of drug-likeness (QED) is 0.847. The Morgan fingerprint density at radius 2 is 1.85 bits per heavy atom. The number of sulfonamides is 1. The van der Waals surface area contributed by atoms with E-state index in [0.29, 0.717) is 30.6 Å². The Labute approximate surface area is 158 Å². The highest BCUT2D eigenvalue weighted by Crippen LogP contribution is 2.26. The van der Waals surface area contributed by atoms with E-state index in [1.807, 2.05) is 18.2 Å². The molecule has 1 aliphatic carbocycles. The highest BCUT2D eigenvalue weighted by molar-refractivity contribution is 7.89. The molecule has 1 atom stereocenters. The van der Waals surface area contributed by atoms with Crippen LogP contribution in [0.2, 0.25) is 0 Å². The van der Waals surface area contributed by atoms with Crippen molar-refractivity contribution in [2.75, 3.05) is 0 Å². The summed E-state index contributed by atoms with van der Waals surface area (Å²) in [6.45, 7) is 1.80. The first kappa shape index (κ1) is 17.9. The van der Waals surface area contributed by atoms with Gasteiger partial charge in [-0.05, 0) is 54.2 Å². The van der Waals surface area contributed by atoms with E-state index in [0.717, 1.165) is 28.0 Å². The molecule has 4 rings (SSSR count). The van der Waals surface area contributed by atoms with Crippen molar-refractivity contribution in [2.45, 2.75) is 43.5 Å². The maximum Gasteiger partial charge on any atom is 0.241 e. The van der Waals surface area contributed by atoms with Crippen LogP contribution in [0.15, 0.2) is 52.5 Å². The fraction of sp³-hybridized carbons (Fsp3) is 0.300. The van der Waals surface area contributed by atoms with E-state index in [-0.39, 0.29) is 11.9 Å². The first-order chi connectivity index (χ1) is 12.9. The molecule has 0 saturated carbocycles. The molecule has 2 N–H and O–H groups in total. The lowest BCUT2D eigenvalue weighted by atomic mass is 10.00. The van der Waals surface area contributed by atoms with Gasteiger partial charge in [-0.15, -0.1) is 0 Å². The second-order valence-corrected chi connectivity index (χ2v) is 8.75. The number of hydrazone groups is 1. The molecule has 1 unspecified atom stereocenters. The van der Waals surface area contributed by atoms with Gasteiger partial charge in [0, 0.05) is 18.9 Å². The fourth-order valence-corrected chi connectivity index (χ4v) is 5.19. The first-order valence-electron chi connectivity index (χ1n) is 8.98. The van der Waals surface area contributed by atoms with Gasteiger partial charge in [0.2, 0.25) is 15.9 Å². The zero-order valence-electron chi connectivity index (χ0n) is 15.0. The molecular weight excluding hydrogens is 362 g/mol. The van der Waals surface area contributed by atoms with Crippen molar-refractivity contribution in [1.29, 1.82) is 0 Å². The maximum absolute atomic E-state index is 12.7. The lowest BCUT2D eigenvalue weighted by molar-refractivity contribution is -0.121. The van der Waals surface area contributed by atoms with Crippen LogP contribution >= 0.6 is 0 Å². The Morgan fingerprint density at radius 1 is 1.07 bits per heavy atom. The van der Waals surface area contributed by atoms with Crippen LogP contribution in [0.3, 0.4) is 0 Å². The number of nitrogens with zero attached hydrogens (tertiary/aromatic N) is 1. The average Bonchev–Trinajstić information content (AvgIpc) is 3.03. The Bertz CT molecular complexity index is 1040. The number of carbonyl (C=O) groups excluding carboxylic acids is 1. The molecular formula is C20H21N3O3S. The SMILES string of the molecule is Cc1ccccc1S(=O)(=O)NC1Cc2ccc(C3=NNC(=O)CC3)cc2C1. The van der Waals surface area contributed by atoms with Crippen LogP contribution in [0.25, 0.3) is 0 Å². The van der Waals surface area contributed by atoms with E-state index < -0.39 is 10.0 Å². The van der Waals surface area contributed by atoms with Crippen molar-refractivity contribution in [1.82, 2.24) is 10.1 Å². The lowest BCUT2D eigenvalue weighted by Crippen LogP contribution is -2.35. The van der Waals surface area contributed by atoms with Crippen molar-refractivity contribution in [3.63, 3.8) is 0 Å². The molecule has 6 nitrogen and oxygen atoms in total. The van der Waals surface area contributed by atoms with Crippen LogP contribution in [0.1, 0.15) is 35.1 Å². The smallest absolute Gasteiger partial charge is 0.241 e. The Kier molecular flexibility index (Phi) is 4.57. The topological polar surface area (TPSA) is 87.6 Å². The van der Waals surface area contributed by atoms with Gasteiger partial charge in [0.25, 0.3) is 0 Å². The molecule has 0 spiro atoms. The molecule has 1 amide bonds. The van der Waals surface area contributed by atoms with Gasteiger partial charge < -0.3 is 0 Å². The van der Waals surface area contributed by atoms with E-state index in [9.17, 15) is 13.2 Å². The van der Waals surface area contributed by atoms with Crippen molar-refractivity contribution >= 4 is 21.6 Å². The minimum Gasteiger partial charge on any atom is -0.273 e. The molecule has 140 valence electrons. The van der Waals surface area contributed by atoms with Gasteiger partial charge in [0.1, 0.15) is 0 Å². The summed E-state index contributed by atoms with van der Waals surface area (Å²) >= 11 is 0. The third kappa shape index (κ3) is 3.65. The average molecular weight is 383 g/mol. The summed E-state index contributed by atoms with van der Waals surface area (Å²) in [5, 5.41) is 4.14. The van der Waals surface area contributed by atoms with Gasteiger partial charge in [-0.1, -0.05) is 30.3 Å². The molecule has 27 heavy (non-hydrogen) atoms.